The van der Waals surface area contributed by atoms with Gasteiger partial charge in [0, 0.05) is 6.42 Å². The zero-order chi connectivity index (χ0) is 14.7. The van der Waals surface area contributed by atoms with E-state index < -0.39 is 0 Å². The van der Waals surface area contributed by atoms with E-state index >= 15 is 0 Å². The maximum Gasteiger partial charge on any atom is 0.310 e. The van der Waals surface area contributed by atoms with Crippen LogP contribution in [0, 0.1) is 5.92 Å². The molecule has 0 aromatic heterocycles. The molecule has 0 saturated carbocycles. The van der Waals surface area contributed by atoms with Gasteiger partial charge in [0.05, 0.1) is 0 Å². The van der Waals surface area contributed by atoms with Crippen LogP contribution < -0.4 is 0 Å². The van der Waals surface area contributed by atoms with Crippen LogP contribution in [0.4, 0.5) is 0 Å². The number of carbonyl (C=O) groups excluding carboxylic acids is 1. The molecule has 1 atom stereocenters. The van der Waals surface area contributed by atoms with Gasteiger partial charge in [0.15, 0.2) is 0 Å². The van der Waals surface area contributed by atoms with Crippen molar-refractivity contribution in [2.75, 3.05) is 0 Å². The van der Waals surface area contributed by atoms with Crippen LogP contribution in [0.1, 0.15) is 47.5 Å². The van der Waals surface area contributed by atoms with Crippen molar-refractivity contribution < 1.29 is 9.53 Å². The molecule has 0 aliphatic heterocycles. The predicted octanol–water partition coefficient (Wildman–Crippen LogP) is 4.95. The Balaban J connectivity index is 0.00000154. The second-order valence-corrected chi connectivity index (χ2v) is 4.21. The van der Waals surface area contributed by atoms with E-state index in [-0.39, 0.29) is 5.97 Å². The number of esters is 1. The minimum absolute atomic E-state index is 0.187. The maximum atomic E-state index is 11.3. The lowest BCUT2D eigenvalue weighted by Gasteiger charge is -2.09. The lowest BCUT2D eigenvalue weighted by Crippen LogP contribution is -2.03. The van der Waals surface area contributed by atoms with Gasteiger partial charge in [-0.2, -0.15) is 0 Å². The van der Waals surface area contributed by atoms with Gasteiger partial charge in [-0.25, -0.2) is 0 Å². The van der Waals surface area contributed by atoms with E-state index in [2.05, 4.69) is 19.1 Å². The van der Waals surface area contributed by atoms with Crippen molar-refractivity contribution >= 4 is 5.97 Å². The fourth-order valence-electron chi connectivity index (χ4n) is 1.42. The molecule has 0 bridgehead atoms. The van der Waals surface area contributed by atoms with Crippen LogP contribution in [0.2, 0.25) is 0 Å². The summed E-state index contributed by atoms with van der Waals surface area (Å²) in [6, 6.07) is 0. The van der Waals surface area contributed by atoms with Crippen molar-refractivity contribution in [3.05, 3.63) is 47.8 Å². The van der Waals surface area contributed by atoms with Gasteiger partial charge in [0.25, 0.3) is 0 Å². The van der Waals surface area contributed by atoms with Gasteiger partial charge in [0.1, 0.15) is 5.76 Å². The smallest absolute Gasteiger partial charge is 0.310 e. The first-order chi connectivity index (χ1) is 9.13. The molecule has 0 heterocycles. The summed E-state index contributed by atoms with van der Waals surface area (Å²) in [5.41, 5.74) is 1.07. The van der Waals surface area contributed by atoms with Gasteiger partial charge >= 0.3 is 5.97 Å². The largest absolute Gasteiger partial charge is 0.427 e. The van der Waals surface area contributed by atoms with Gasteiger partial charge in [-0.05, 0) is 30.9 Å². The monoisotopic (exact) mass is 262 g/mol. The summed E-state index contributed by atoms with van der Waals surface area (Å²) in [4.78, 5) is 11.3. The summed E-state index contributed by atoms with van der Waals surface area (Å²) >= 11 is 0. The molecule has 1 aliphatic carbocycles. The van der Waals surface area contributed by atoms with Crippen LogP contribution in [0.5, 0.6) is 0 Å². The zero-order valence-corrected chi connectivity index (χ0v) is 12.8. The average molecular weight is 262 g/mol. The van der Waals surface area contributed by atoms with Gasteiger partial charge in [-0.1, -0.05) is 58.1 Å². The highest BCUT2D eigenvalue weighted by molar-refractivity contribution is 5.70. The molecule has 1 rings (SSSR count). The van der Waals surface area contributed by atoms with Crippen LogP contribution >= 0.6 is 0 Å². The Hall–Kier alpha value is -1.57. The Morgan fingerprint density at radius 2 is 2.00 bits per heavy atom. The molecule has 0 amide bonds. The van der Waals surface area contributed by atoms with Crippen LogP contribution in [0.25, 0.3) is 0 Å². The van der Waals surface area contributed by atoms with E-state index in [1.54, 1.807) is 6.92 Å². The fraction of sp³-hybridized carbons (Fsp3) is 0.471. The normalized spacial score (nSPS) is 27.5. The molecule has 2 heteroatoms. The lowest BCUT2D eigenvalue weighted by molar-refractivity contribution is -0.138. The number of allylic oxidation sites excluding steroid dienone is 7. The van der Waals surface area contributed by atoms with Gasteiger partial charge in [0.2, 0.25) is 0 Å². The molecule has 1 aliphatic rings. The molecule has 0 fully saturated rings. The van der Waals surface area contributed by atoms with Crippen LogP contribution in [0.3, 0.4) is 0 Å². The van der Waals surface area contributed by atoms with Gasteiger partial charge in [-0.3, -0.25) is 4.79 Å². The predicted molar refractivity (Wildman–Crippen MR) is 81.6 cm³/mol. The molecule has 0 spiro atoms. The van der Waals surface area contributed by atoms with Crippen LogP contribution in [-0.4, -0.2) is 5.97 Å². The third-order valence-electron chi connectivity index (χ3n) is 2.57. The molecule has 2 nitrogen and oxygen atoms in total. The Morgan fingerprint density at radius 3 is 2.63 bits per heavy atom. The van der Waals surface area contributed by atoms with Crippen molar-refractivity contribution in [3.8, 4) is 0 Å². The molecular weight excluding hydrogens is 236 g/mol. The van der Waals surface area contributed by atoms with Gasteiger partial charge in [-0.15, -0.1) is 0 Å². The highest BCUT2D eigenvalue weighted by Gasteiger charge is 2.06. The average Bonchev–Trinajstić information content (AvgIpc) is 2.44. The highest BCUT2D eigenvalue weighted by Crippen LogP contribution is 2.16. The van der Waals surface area contributed by atoms with Crippen molar-refractivity contribution in [1.82, 2.24) is 0 Å². The van der Waals surface area contributed by atoms with Crippen molar-refractivity contribution in [2.24, 2.45) is 5.92 Å². The number of hydrogen-bond donors (Lipinski definition) is 0. The first-order valence-electron chi connectivity index (χ1n) is 7.05. The maximum absolute atomic E-state index is 11.3. The van der Waals surface area contributed by atoms with Crippen molar-refractivity contribution in [3.63, 3.8) is 0 Å². The first kappa shape index (κ1) is 17.4. The molecule has 106 valence electrons. The minimum atomic E-state index is -0.187. The molecular formula is C17H26O2. The minimum Gasteiger partial charge on any atom is -0.427 e. The topological polar surface area (TPSA) is 26.3 Å². The first-order valence-corrected chi connectivity index (χ1v) is 7.05. The lowest BCUT2D eigenvalue weighted by atomic mass is 10.1. The third-order valence-corrected chi connectivity index (χ3v) is 2.57. The summed E-state index contributed by atoms with van der Waals surface area (Å²) in [6.07, 6.45) is 13.4. The van der Waals surface area contributed by atoms with E-state index in [9.17, 15) is 4.79 Å². The number of carbonyl (C=O) groups is 1. The van der Waals surface area contributed by atoms with E-state index in [1.807, 2.05) is 45.1 Å². The summed E-state index contributed by atoms with van der Waals surface area (Å²) in [5.74, 6) is 0.831. The summed E-state index contributed by atoms with van der Waals surface area (Å²) < 4.78 is 5.33. The molecule has 1 unspecified atom stereocenters. The SMILES string of the molecule is CC.CCC(=O)OC1=C(\C)C/C=C\C=C/C(C)/C=C\1. The summed E-state index contributed by atoms with van der Waals surface area (Å²) in [7, 11) is 0. The Kier molecular flexibility index (Phi) is 9.51. The van der Waals surface area contributed by atoms with E-state index in [4.69, 9.17) is 4.74 Å². The molecule has 0 aromatic rings. The second-order valence-electron chi connectivity index (χ2n) is 4.21. The summed E-state index contributed by atoms with van der Waals surface area (Å²) in [6.45, 7) is 9.88. The van der Waals surface area contributed by atoms with E-state index in [1.165, 1.54) is 0 Å². The second kappa shape index (κ2) is 10.4. The zero-order valence-electron chi connectivity index (χ0n) is 12.8. The molecule has 0 N–H and O–H groups in total. The molecule has 19 heavy (non-hydrogen) atoms. The van der Waals surface area contributed by atoms with E-state index in [0.29, 0.717) is 18.1 Å². The van der Waals surface area contributed by atoms with E-state index in [0.717, 1.165) is 12.0 Å². The Bertz CT molecular complexity index is 384. The van der Waals surface area contributed by atoms with Gasteiger partial charge < -0.3 is 4.74 Å². The summed E-state index contributed by atoms with van der Waals surface area (Å²) in [5, 5.41) is 0. The van der Waals surface area contributed by atoms with Crippen molar-refractivity contribution in [1.29, 1.82) is 0 Å². The highest BCUT2D eigenvalue weighted by atomic mass is 16.5. The molecule has 0 aromatic carbocycles. The fourth-order valence-corrected chi connectivity index (χ4v) is 1.42. The number of hydrogen-bond acceptors (Lipinski definition) is 2. The molecule has 0 saturated heterocycles. The quantitative estimate of drug-likeness (QED) is 0.658. The number of rotatable bonds is 2. The third kappa shape index (κ3) is 7.45. The number of ether oxygens (including phenoxy) is 1. The Labute approximate surface area is 117 Å². The standard InChI is InChI=1S/C15H20O2.C2H6/c1-4-15(16)17-14-11-10-12(2)8-6-5-7-9-13(14)3;1-2/h5-8,10-12H,4,9H2,1-3H3;1-2H3/b7-5-,8-6-,11-10-,14-13+;. The molecule has 0 radical (unpaired) electrons. The van der Waals surface area contributed by atoms with Crippen molar-refractivity contribution in [2.45, 2.75) is 47.5 Å². The van der Waals surface area contributed by atoms with Crippen LogP contribution in [0.15, 0.2) is 47.8 Å². The Morgan fingerprint density at radius 1 is 1.32 bits per heavy atom. The van der Waals surface area contributed by atoms with Crippen LogP contribution in [-0.2, 0) is 9.53 Å².